The summed E-state index contributed by atoms with van der Waals surface area (Å²) in [6.45, 7) is 2.95. The van der Waals surface area contributed by atoms with Crippen LogP contribution in [0.4, 0.5) is 4.39 Å². The third-order valence-electron chi connectivity index (χ3n) is 3.79. The largest absolute Gasteiger partial charge is 0.374 e. The summed E-state index contributed by atoms with van der Waals surface area (Å²) >= 11 is 3.32. The second-order valence-corrected chi connectivity index (χ2v) is 5.82. The molecule has 0 aliphatic carbocycles. The predicted molar refractivity (Wildman–Crippen MR) is 74.2 cm³/mol. The smallest absolute Gasteiger partial charge is 0.137 e. The molecule has 2 nitrogen and oxygen atoms in total. The van der Waals surface area contributed by atoms with Crippen molar-refractivity contribution >= 4 is 15.9 Å². The predicted octanol–water partition coefficient (Wildman–Crippen LogP) is 3.29. The molecule has 100 valence electrons. The molecular formula is C14H19BrFNO. The second-order valence-electron chi connectivity index (χ2n) is 5.02. The number of rotatable bonds is 4. The van der Waals surface area contributed by atoms with Crippen molar-refractivity contribution in [2.75, 3.05) is 13.7 Å². The molecule has 1 aliphatic heterocycles. The maximum Gasteiger partial charge on any atom is 0.137 e. The summed E-state index contributed by atoms with van der Waals surface area (Å²) in [5.41, 5.74) is 0.826. The monoisotopic (exact) mass is 315 g/mol. The Bertz CT molecular complexity index is 418. The molecule has 0 saturated carbocycles. The molecule has 2 rings (SSSR count). The van der Waals surface area contributed by atoms with Gasteiger partial charge in [0.25, 0.3) is 0 Å². The van der Waals surface area contributed by atoms with Crippen LogP contribution in [0.15, 0.2) is 22.7 Å². The average Bonchev–Trinajstić information content (AvgIpc) is 2.79. The van der Waals surface area contributed by atoms with Crippen molar-refractivity contribution in [2.24, 2.45) is 0 Å². The molecule has 0 aromatic heterocycles. The minimum absolute atomic E-state index is 0.152. The van der Waals surface area contributed by atoms with E-state index >= 15 is 0 Å². The number of likely N-dealkylation sites (N-methyl/N-ethyl adjacent to an activating group) is 1. The minimum Gasteiger partial charge on any atom is -0.374 e. The summed E-state index contributed by atoms with van der Waals surface area (Å²) in [5, 5.41) is 3.31. The molecule has 1 aliphatic rings. The van der Waals surface area contributed by atoms with Gasteiger partial charge in [0.2, 0.25) is 0 Å². The van der Waals surface area contributed by atoms with Crippen LogP contribution >= 0.6 is 15.9 Å². The second kappa shape index (κ2) is 5.68. The Kier molecular flexibility index (Phi) is 4.41. The Hall–Kier alpha value is -0.450. The third kappa shape index (κ3) is 2.76. The van der Waals surface area contributed by atoms with Crippen LogP contribution in [0.3, 0.4) is 0 Å². The highest BCUT2D eigenvalue weighted by atomic mass is 79.9. The highest BCUT2D eigenvalue weighted by Crippen LogP contribution is 2.32. The maximum absolute atomic E-state index is 13.5. The van der Waals surface area contributed by atoms with Crippen LogP contribution < -0.4 is 5.32 Å². The lowest BCUT2D eigenvalue weighted by Gasteiger charge is -2.33. The van der Waals surface area contributed by atoms with Gasteiger partial charge in [-0.25, -0.2) is 4.39 Å². The first-order chi connectivity index (χ1) is 8.57. The summed E-state index contributed by atoms with van der Waals surface area (Å²) in [4.78, 5) is 0. The number of hydrogen-bond acceptors (Lipinski definition) is 2. The van der Waals surface area contributed by atoms with E-state index < -0.39 is 0 Å². The molecule has 1 saturated heterocycles. The van der Waals surface area contributed by atoms with Gasteiger partial charge in [-0.1, -0.05) is 12.1 Å². The Morgan fingerprint density at radius 1 is 1.56 bits per heavy atom. The van der Waals surface area contributed by atoms with Crippen molar-refractivity contribution in [1.29, 1.82) is 0 Å². The van der Waals surface area contributed by atoms with Crippen LogP contribution in [0, 0.1) is 5.82 Å². The van der Waals surface area contributed by atoms with E-state index in [1.165, 1.54) is 6.07 Å². The van der Waals surface area contributed by atoms with Gasteiger partial charge in [0, 0.05) is 12.6 Å². The summed E-state index contributed by atoms with van der Waals surface area (Å²) in [7, 11) is 1.94. The highest BCUT2D eigenvalue weighted by molar-refractivity contribution is 9.10. The molecule has 0 spiro atoms. The average molecular weight is 316 g/mol. The summed E-state index contributed by atoms with van der Waals surface area (Å²) in [6, 6.07) is 5.36. The third-order valence-corrected chi connectivity index (χ3v) is 4.68. The lowest BCUT2D eigenvalue weighted by molar-refractivity contribution is -0.00949. The van der Waals surface area contributed by atoms with Gasteiger partial charge in [0.1, 0.15) is 5.82 Å². The molecule has 1 heterocycles. The summed E-state index contributed by atoms with van der Waals surface area (Å²) < 4.78 is 19.9. The minimum atomic E-state index is -0.208. The Morgan fingerprint density at radius 2 is 2.33 bits per heavy atom. The van der Waals surface area contributed by atoms with E-state index in [-0.39, 0.29) is 17.5 Å². The van der Waals surface area contributed by atoms with E-state index in [1.54, 1.807) is 6.07 Å². The Labute approximate surface area is 116 Å². The van der Waals surface area contributed by atoms with E-state index in [9.17, 15) is 4.39 Å². The fraction of sp³-hybridized carbons (Fsp3) is 0.571. The van der Waals surface area contributed by atoms with Crippen molar-refractivity contribution in [2.45, 2.75) is 37.8 Å². The zero-order chi connectivity index (χ0) is 13.2. The molecule has 2 unspecified atom stereocenters. The van der Waals surface area contributed by atoms with Crippen molar-refractivity contribution in [1.82, 2.24) is 5.32 Å². The van der Waals surface area contributed by atoms with E-state index in [2.05, 4.69) is 28.2 Å². The van der Waals surface area contributed by atoms with Crippen molar-refractivity contribution in [3.8, 4) is 0 Å². The normalized spacial score (nSPS) is 25.3. The first kappa shape index (κ1) is 14.0. The van der Waals surface area contributed by atoms with Gasteiger partial charge in [-0.3, -0.25) is 0 Å². The number of halogens is 2. The van der Waals surface area contributed by atoms with Crippen LogP contribution in [0.25, 0.3) is 0 Å². The van der Waals surface area contributed by atoms with E-state index in [4.69, 9.17) is 4.74 Å². The number of benzene rings is 1. The fourth-order valence-electron chi connectivity index (χ4n) is 2.62. The van der Waals surface area contributed by atoms with Gasteiger partial charge >= 0.3 is 0 Å². The van der Waals surface area contributed by atoms with Crippen molar-refractivity contribution < 1.29 is 9.13 Å². The first-order valence-corrected chi connectivity index (χ1v) is 7.10. The lowest BCUT2D eigenvalue weighted by Crippen LogP contribution is -2.48. The topological polar surface area (TPSA) is 21.3 Å². The molecule has 0 bridgehead atoms. The van der Waals surface area contributed by atoms with E-state index in [0.29, 0.717) is 4.47 Å². The zero-order valence-corrected chi connectivity index (χ0v) is 12.4. The van der Waals surface area contributed by atoms with Crippen LogP contribution in [0.1, 0.15) is 25.3 Å². The van der Waals surface area contributed by atoms with Gasteiger partial charge < -0.3 is 10.1 Å². The van der Waals surface area contributed by atoms with Gasteiger partial charge in [0.05, 0.1) is 10.1 Å². The Balaban J connectivity index is 2.17. The summed E-state index contributed by atoms with van der Waals surface area (Å²) in [6.07, 6.45) is 2.90. The number of nitrogens with one attached hydrogen (secondary N) is 1. The molecule has 1 aromatic carbocycles. The first-order valence-electron chi connectivity index (χ1n) is 6.31. The molecule has 2 atom stereocenters. The molecule has 1 aromatic rings. The summed E-state index contributed by atoms with van der Waals surface area (Å²) in [5.74, 6) is -0.208. The van der Waals surface area contributed by atoms with E-state index in [1.807, 2.05) is 13.1 Å². The molecule has 1 fully saturated rings. The van der Waals surface area contributed by atoms with Crippen LogP contribution in [0.5, 0.6) is 0 Å². The zero-order valence-electron chi connectivity index (χ0n) is 10.8. The van der Waals surface area contributed by atoms with Gasteiger partial charge in [-0.15, -0.1) is 0 Å². The van der Waals surface area contributed by atoms with Crippen molar-refractivity contribution in [3.63, 3.8) is 0 Å². The molecule has 18 heavy (non-hydrogen) atoms. The quantitative estimate of drug-likeness (QED) is 0.920. The Morgan fingerprint density at radius 3 is 2.94 bits per heavy atom. The number of hydrogen-bond donors (Lipinski definition) is 1. The standard InChI is InChI=1S/C14H19BrFNO/c1-14(7-4-8-18-14)12(17-2)9-10-5-3-6-11(16)13(10)15/h3,5-6,12,17H,4,7-9H2,1-2H3. The van der Waals surface area contributed by atoms with E-state index in [0.717, 1.165) is 31.4 Å². The fourth-order valence-corrected chi connectivity index (χ4v) is 3.05. The van der Waals surface area contributed by atoms with Crippen LogP contribution in [0.2, 0.25) is 0 Å². The molecular weight excluding hydrogens is 297 g/mol. The van der Waals surface area contributed by atoms with Crippen LogP contribution in [-0.4, -0.2) is 25.3 Å². The lowest BCUT2D eigenvalue weighted by atomic mass is 9.88. The van der Waals surface area contributed by atoms with Gasteiger partial charge in [-0.2, -0.15) is 0 Å². The molecule has 1 N–H and O–H groups in total. The highest BCUT2D eigenvalue weighted by Gasteiger charge is 2.37. The molecule has 0 radical (unpaired) electrons. The van der Waals surface area contributed by atoms with Crippen molar-refractivity contribution in [3.05, 3.63) is 34.1 Å². The SMILES string of the molecule is CNC(Cc1cccc(F)c1Br)C1(C)CCCO1. The van der Waals surface area contributed by atoms with Crippen LogP contribution in [-0.2, 0) is 11.2 Å². The molecule has 4 heteroatoms. The molecule has 0 amide bonds. The maximum atomic E-state index is 13.5. The van der Waals surface area contributed by atoms with Gasteiger partial charge in [-0.05, 0) is 60.8 Å². The van der Waals surface area contributed by atoms with Gasteiger partial charge in [0.15, 0.2) is 0 Å². The number of ether oxygens (including phenoxy) is 1.